The van der Waals surface area contributed by atoms with Crippen LogP contribution in [0.4, 0.5) is 5.69 Å². The molecule has 0 saturated carbocycles. The van der Waals surface area contributed by atoms with Gasteiger partial charge in [-0.15, -0.1) is 0 Å². The molecule has 6 nitrogen and oxygen atoms in total. The van der Waals surface area contributed by atoms with Crippen molar-refractivity contribution >= 4 is 17.5 Å². The maximum atomic E-state index is 12.6. The fourth-order valence-electron chi connectivity index (χ4n) is 3.42. The van der Waals surface area contributed by atoms with Gasteiger partial charge in [-0.2, -0.15) is 0 Å². The molecule has 2 amide bonds. The van der Waals surface area contributed by atoms with Gasteiger partial charge in [-0.1, -0.05) is 42.0 Å². The van der Waals surface area contributed by atoms with Gasteiger partial charge in [0.05, 0.1) is 0 Å². The Bertz CT molecular complexity index is 904. The van der Waals surface area contributed by atoms with Gasteiger partial charge in [0.2, 0.25) is 6.54 Å². The zero-order valence-electron chi connectivity index (χ0n) is 14.9. The number of carbonyl (C=O) groups is 2. The Morgan fingerprint density at radius 1 is 1.00 bits per heavy atom. The lowest BCUT2D eigenvalue weighted by Gasteiger charge is -2.27. The predicted molar refractivity (Wildman–Crippen MR) is 96.6 cm³/mol. The summed E-state index contributed by atoms with van der Waals surface area (Å²) < 4.78 is 1.32. The molecule has 2 aliphatic rings. The summed E-state index contributed by atoms with van der Waals surface area (Å²) in [5.41, 5.74) is 4.25. The molecule has 0 spiro atoms. The third kappa shape index (κ3) is 2.77. The Labute approximate surface area is 152 Å². The Hall–Kier alpha value is -3.02. The number of carbonyl (C=O) groups excluding carboxylic acids is 2. The fraction of sp³-hybridized carbons (Fsp3) is 0.300. The molecule has 1 saturated heterocycles. The molecule has 0 bridgehead atoms. The van der Waals surface area contributed by atoms with Gasteiger partial charge < -0.3 is 4.90 Å². The van der Waals surface area contributed by atoms with Crippen LogP contribution < -0.4 is 4.90 Å². The summed E-state index contributed by atoms with van der Waals surface area (Å²) in [7, 11) is 0. The molecule has 2 aromatic carbocycles. The number of azo groups is 2. The fourth-order valence-corrected chi connectivity index (χ4v) is 3.42. The van der Waals surface area contributed by atoms with Crippen LogP contribution in [0, 0.1) is 13.8 Å². The van der Waals surface area contributed by atoms with Crippen molar-refractivity contribution in [3.05, 3.63) is 65.2 Å². The van der Waals surface area contributed by atoms with Crippen LogP contribution in [0.1, 0.15) is 16.7 Å². The monoisotopic (exact) mass is 349 g/mol. The minimum Gasteiger partial charge on any atom is -0.326 e. The number of hydrogen-bond acceptors (Lipinski definition) is 4. The number of rotatable bonds is 3. The van der Waals surface area contributed by atoms with E-state index in [-0.39, 0.29) is 0 Å². The molecule has 26 heavy (non-hydrogen) atoms. The highest BCUT2D eigenvalue weighted by Crippen LogP contribution is 2.27. The van der Waals surface area contributed by atoms with E-state index in [0.717, 1.165) is 16.8 Å². The topological polar surface area (TPSA) is 56.0 Å². The summed E-state index contributed by atoms with van der Waals surface area (Å²) in [6.45, 7) is 5.51. The number of fused-ring (bicyclic) bond motifs is 1. The Morgan fingerprint density at radius 3 is 2.42 bits per heavy atom. The van der Waals surface area contributed by atoms with Gasteiger partial charge in [-0.25, -0.2) is 4.79 Å². The first kappa shape index (κ1) is 16.4. The largest absolute Gasteiger partial charge is 0.502 e. The molecular weight excluding hydrogens is 328 g/mol. The summed E-state index contributed by atoms with van der Waals surface area (Å²) in [5, 5.41) is 4.61. The first-order chi connectivity index (χ1) is 12.5. The molecule has 132 valence electrons. The highest BCUT2D eigenvalue weighted by Gasteiger charge is 2.49. The van der Waals surface area contributed by atoms with Gasteiger partial charge in [0, 0.05) is 29.5 Å². The molecule has 1 fully saturated rings. The molecule has 6 heteroatoms. The summed E-state index contributed by atoms with van der Waals surface area (Å²) in [4.78, 5) is 28.7. The highest BCUT2D eigenvalue weighted by atomic mass is 16.2. The van der Waals surface area contributed by atoms with E-state index in [9.17, 15) is 9.59 Å². The first-order valence-corrected chi connectivity index (χ1v) is 8.75. The molecule has 2 heterocycles. The van der Waals surface area contributed by atoms with Crippen LogP contribution in [-0.4, -0.2) is 40.8 Å². The van der Waals surface area contributed by atoms with Gasteiger partial charge in [0.25, 0.3) is 6.29 Å². The summed E-state index contributed by atoms with van der Waals surface area (Å²) in [5.74, 6) is -1.04. The van der Waals surface area contributed by atoms with E-state index in [1.54, 1.807) is 4.90 Å². The highest BCUT2D eigenvalue weighted by molar-refractivity contribution is 6.31. The van der Waals surface area contributed by atoms with Crippen LogP contribution in [-0.2, 0) is 16.1 Å². The van der Waals surface area contributed by atoms with E-state index in [4.69, 9.17) is 0 Å². The molecular formula is C20H21N4O2+. The second kappa shape index (κ2) is 6.37. The van der Waals surface area contributed by atoms with E-state index in [1.807, 2.05) is 62.4 Å². The van der Waals surface area contributed by atoms with Gasteiger partial charge in [-0.3, -0.25) is 9.69 Å². The number of anilines is 1. The average molecular weight is 349 g/mol. The smallest absolute Gasteiger partial charge is 0.326 e. The van der Waals surface area contributed by atoms with E-state index >= 15 is 0 Å². The molecule has 1 atom stereocenters. The van der Waals surface area contributed by atoms with E-state index < -0.39 is 18.1 Å². The maximum absolute atomic E-state index is 12.6. The van der Waals surface area contributed by atoms with Crippen molar-refractivity contribution in [3.63, 3.8) is 0 Å². The lowest BCUT2D eigenvalue weighted by atomic mass is 10.1. The van der Waals surface area contributed by atoms with Crippen LogP contribution in [0.5, 0.6) is 0 Å². The van der Waals surface area contributed by atoms with E-state index in [2.05, 4.69) is 10.0 Å². The van der Waals surface area contributed by atoms with Crippen molar-refractivity contribution in [1.29, 1.82) is 0 Å². The molecule has 0 aliphatic carbocycles. The molecule has 2 aromatic rings. The quantitative estimate of drug-likeness (QED) is 0.632. The van der Waals surface area contributed by atoms with Gasteiger partial charge in [0.15, 0.2) is 0 Å². The van der Waals surface area contributed by atoms with Gasteiger partial charge >= 0.3 is 11.8 Å². The minimum absolute atomic E-state index is 0.309. The molecule has 1 unspecified atom stereocenters. The summed E-state index contributed by atoms with van der Waals surface area (Å²) in [6, 6.07) is 16.0. The molecule has 0 radical (unpaired) electrons. The SMILES string of the molecule is Cc1ccc(N2CCN3C(=O)C(=O)[N+](Cc4ccccc4C)=NC32)cc1. The Balaban J connectivity index is 1.68. The third-order valence-corrected chi connectivity index (χ3v) is 5.01. The molecule has 0 N–H and O–H groups in total. The van der Waals surface area contributed by atoms with Crippen LogP contribution in [0.25, 0.3) is 0 Å². The van der Waals surface area contributed by atoms with Crippen LogP contribution in [0.2, 0.25) is 0 Å². The van der Waals surface area contributed by atoms with Crippen molar-refractivity contribution in [2.75, 3.05) is 18.0 Å². The zero-order chi connectivity index (χ0) is 18.3. The van der Waals surface area contributed by atoms with Gasteiger partial charge in [0.1, 0.15) is 0 Å². The number of aryl methyl sites for hydroxylation is 2. The van der Waals surface area contributed by atoms with Crippen LogP contribution in [0.3, 0.4) is 0 Å². The molecule has 2 aliphatic heterocycles. The van der Waals surface area contributed by atoms with Gasteiger partial charge in [-0.05, 0) is 36.2 Å². The Morgan fingerprint density at radius 2 is 1.69 bits per heavy atom. The average Bonchev–Trinajstić information content (AvgIpc) is 3.06. The Kier molecular flexibility index (Phi) is 4.03. The predicted octanol–water partition coefficient (Wildman–Crippen LogP) is 2.44. The minimum atomic E-state index is -0.560. The normalized spacial score (nSPS) is 19.6. The lowest BCUT2D eigenvalue weighted by molar-refractivity contribution is -0.534. The second-order valence-electron chi connectivity index (χ2n) is 6.78. The molecule has 4 rings (SSSR count). The first-order valence-electron chi connectivity index (χ1n) is 8.75. The van der Waals surface area contributed by atoms with Crippen LogP contribution in [0.15, 0.2) is 53.6 Å². The summed E-state index contributed by atoms with van der Waals surface area (Å²) >= 11 is 0. The lowest BCUT2D eigenvalue weighted by Crippen LogP contribution is -2.51. The standard InChI is InChI=1S/C20H21N4O2/c1-14-7-9-17(10-8-14)22-11-12-23-18(25)19(26)24(21-20(22)23)13-16-6-4-3-5-15(16)2/h3-10,20H,11-13H2,1-2H3/q+1. The zero-order valence-corrected chi connectivity index (χ0v) is 14.9. The number of amides is 2. The summed E-state index contributed by atoms with van der Waals surface area (Å²) in [6.07, 6.45) is -0.466. The van der Waals surface area contributed by atoms with Crippen molar-refractivity contribution in [2.24, 2.45) is 5.11 Å². The van der Waals surface area contributed by atoms with Crippen molar-refractivity contribution < 1.29 is 14.3 Å². The van der Waals surface area contributed by atoms with Crippen molar-refractivity contribution in [2.45, 2.75) is 26.7 Å². The number of hydrogen-bond donors (Lipinski definition) is 0. The third-order valence-electron chi connectivity index (χ3n) is 5.01. The van der Waals surface area contributed by atoms with Crippen molar-refractivity contribution in [1.82, 2.24) is 4.90 Å². The molecule has 0 aromatic heterocycles. The second-order valence-corrected chi connectivity index (χ2v) is 6.78. The maximum Gasteiger partial charge on any atom is 0.502 e. The number of nitrogens with zero attached hydrogens (tertiary/aromatic N) is 4. The van der Waals surface area contributed by atoms with E-state index in [0.29, 0.717) is 19.6 Å². The van der Waals surface area contributed by atoms with E-state index in [1.165, 1.54) is 10.3 Å². The van der Waals surface area contributed by atoms with Crippen molar-refractivity contribution in [3.8, 4) is 0 Å². The van der Waals surface area contributed by atoms with Crippen LogP contribution >= 0.6 is 0 Å². The number of benzene rings is 2.